The number of ether oxygens (including phenoxy) is 3. The van der Waals surface area contributed by atoms with Gasteiger partial charge in [-0.3, -0.25) is 4.79 Å². The van der Waals surface area contributed by atoms with Crippen molar-refractivity contribution < 1.29 is 23.8 Å². The number of rotatable bonds is 7. The molecular formula is C27H27NO5S. The van der Waals surface area contributed by atoms with Crippen molar-refractivity contribution in [2.24, 2.45) is 0 Å². The summed E-state index contributed by atoms with van der Waals surface area (Å²) < 4.78 is 15.6. The molecule has 1 aromatic heterocycles. The van der Waals surface area contributed by atoms with Crippen LogP contribution in [0.1, 0.15) is 39.9 Å². The fourth-order valence-corrected chi connectivity index (χ4v) is 5.11. The van der Waals surface area contributed by atoms with Gasteiger partial charge in [-0.15, -0.1) is 11.3 Å². The number of aryl methyl sites for hydroxylation is 2. The maximum atomic E-state index is 12.7. The Labute approximate surface area is 203 Å². The first-order valence-electron chi connectivity index (χ1n) is 11.1. The third-order valence-corrected chi connectivity index (χ3v) is 6.81. The predicted molar refractivity (Wildman–Crippen MR) is 135 cm³/mol. The van der Waals surface area contributed by atoms with E-state index in [9.17, 15) is 9.59 Å². The van der Waals surface area contributed by atoms with Crippen molar-refractivity contribution in [3.63, 3.8) is 0 Å². The molecule has 0 saturated carbocycles. The minimum absolute atomic E-state index is 0.348. The van der Waals surface area contributed by atoms with Gasteiger partial charge < -0.3 is 19.5 Å². The molecule has 6 nitrogen and oxygen atoms in total. The molecule has 176 valence electrons. The highest BCUT2D eigenvalue weighted by molar-refractivity contribution is 7.15. The Kier molecular flexibility index (Phi) is 7.33. The number of nitrogens with one attached hydrogen (secondary N) is 1. The molecule has 0 fully saturated rings. The molecule has 0 unspecified atom stereocenters. The van der Waals surface area contributed by atoms with E-state index in [1.165, 1.54) is 48.5 Å². The van der Waals surface area contributed by atoms with Crippen LogP contribution >= 0.6 is 11.3 Å². The lowest BCUT2D eigenvalue weighted by molar-refractivity contribution is -0.111. The third kappa shape index (κ3) is 4.99. The van der Waals surface area contributed by atoms with Crippen molar-refractivity contribution in [2.75, 3.05) is 26.6 Å². The Bertz CT molecular complexity index is 1240. The maximum Gasteiger partial charge on any atom is 0.341 e. The van der Waals surface area contributed by atoms with Crippen molar-refractivity contribution in [3.8, 4) is 22.6 Å². The number of hydrogen-bond donors (Lipinski definition) is 1. The fourth-order valence-electron chi connectivity index (χ4n) is 4.15. The number of fused-ring (bicyclic) bond motifs is 1. The van der Waals surface area contributed by atoms with Crippen molar-refractivity contribution in [1.29, 1.82) is 0 Å². The zero-order chi connectivity index (χ0) is 24.1. The number of esters is 1. The first-order valence-corrected chi connectivity index (χ1v) is 11.9. The summed E-state index contributed by atoms with van der Waals surface area (Å²) in [6.45, 7) is 0. The number of benzene rings is 2. The number of thiophene rings is 1. The van der Waals surface area contributed by atoms with Gasteiger partial charge in [-0.05, 0) is 66.1 Å². The smallest absolute Gasteiger partial charge is 0.341 e. The summed E-state index contributed by atoms with van der Waals surface area (Å²) in [6.07, 6.45) is 7.62. The Morgan fingerprint density at radius 2 is 1.71 bits per heavy atom. The summed E-state index contributed by atoms with van der Waals surface area (Å²) in [5, 5.41) is 5.19. The summed E-state index contributed by atoms with van der Waals surface area (Å²) in [4.78, 5) is 25.3. The minimum atomic E-state index is -0.479. The van der Waals surface area contributed by atoms with Crippen LogP contribution in [-0.2, 0) is 22.4 Å². The molecule has 0 saturated heterocycles. The van der Waals surface area contributed by atoms with Gasteiger partial charge in [-0.2, -0.15) is 0 Å². The van der Waals surface area contributed by atoms with Gasteiger partial charge in [0, 0.05) is 17.0 Å². The van der Waals surface area contributed by atoms with E-state index in [0.717, 1.165) is 29.5 Å². The molecule has 0 atom stereocenters. The van der Waals surface area contributed by atoms with E-state index in [2.05, 4.69) is 17.4 Å². The van der Waals surface area contributed by atoms with Gasteiger partial charge in [-0.1, -0.05) is 24.3 Å². The van der Waals surface area contributed by atoms with Crippen molar-refractivity contribution in [1.82, 2.24) is 0 Å². The predicted octanol–water partition coefficient (Wildman–Crippen LogP) is 5.75. The van der Waals surface area contributed by atoms with Gasteiger partial charge in [-0.25, -0.2) is 4.79 Å². The second-order valence-corrected chi connectivity index (χ2v) is 8.85. The molecule has 34 heavy (non-hydrogen) atoms. The zero-order valence-electron chi connectivity index (χ0n) is 19.5. The minimum Gasteiger partial charge on any atom is -0.493 e. The lowest BCUT2D eigenvalue weighted by Gasteiger charge is -2.16. The topological polar surface area (TPSA) is 73.9 Å². The fraction of sp³-hybridized carbons (Fsp3) is 0.259. The highest BCUT2D eigenvalue weighted by Gasteiger charge is 2.23. The number of carbonyl (C=O) groups is 2. The van der Waals surface area contributed by atoms with Gasteiger partial charge in [0.05, 0.1) is 21.3 Å². The third-order valence-electron chi connectivity index (χ3n) is 5.91. The van der Waals surface area contributed by atoms with Gasteiger partial charge in [0.25, 0.3) is 0 Å². The molecule has 0 radical (unpaired) electrons. The Hall–Kier alpha value is -3.58. The van der Waals surface area contributed by atoms with Gasteiger partial charge >= 0.3 is 5.97 Å². The van der Waals surface area contributed by atoms with Crippen LogP contribution in [0.25, 0.3) is 17.2 Å². The van der Waals surface area contributed by atoms with Gasteiger partial charge in [0.2, 0.25) is 5.91 Å². The van der Waals surface area contributed by atoms with Crippen LogP contribution < -0.4 is 14.8 Å². The number of carbonyl (C=O) groups excluding carboxylic acids is 2. The molecule has 1 amide bonds. The van der Waals surface area contributed by atoms with E-state index in [0.29, 0.717) is 22.1 Å². The average Bonchev–Trinajstić information content (AvgIpc) is 3.29. The number of methoxy groups -OCH3 is 3. The van der Waals surface area contributed by atoms with Gasteiger partial charge in [0.15, 0.2) is 11.5 Å². The summed E-state index contributed by atoms with van der Waals surface area (Å²) in [7, 11) is 4.47. The normalized spacial score (nSPS) is 12.8. The molecule has 4 rings (SSSR count). The van der Waals surface area contributed by atoms with E-state index in [4.69, 9.17) is 14.2 Å². The average molecular weight is 478 g/mol. The molecule has 7 heteroatoms. The molecule has 3 aromatic rings. The molecule has 1 heterocycles. The Morgan fingerprint density at radius 1 is 0.941 bits per heavy atom. The summed E-state index contributed by atoms with van der Waals surface area (Å²) in [5.74, 6) is 0.359. The van der Waals surface area contributed by atoms with E-state index >= 15 is 0 Å². The second-order valence-electron chi connectivity index (χ2n) is 7.97. The van der Waals surface area contributed by atoms with Crippen LogP contribution in [-0.4, -0.2) is 33.2 Å². The van der Waals surface area contributed by atoms with Crippen molar-refractivity contribution >= 4 is 34.3 Å². The van der Waals surface area contributed by atoms with Crippen LogP contribution in [0.2, 0.25) is 0 Å². The van der Waals surface area contributed by atoms with Gasteiger partial charge in [0.1, 0.15) is 10.6 Å². The molecule has 0 aliphatic heterocycles. The van der Waals surface area contributed by atoms with E-state index < -0.39 is 5.97 Å². The number of hydrogen-bond acceptors (Lipinski definition) is 6. The standard InChI is InChI=1S/C27H27NO5S/c1-31-22-12-8-17(14-23(22)32-2)9-13-24(29)28-26-25(27(30)33-3)21(16-34-26)20-11-10-18-6-4-5-7-19(18)15-20/h8-16H,4-7H2,1-3H3,(H,28,29)/b13-9+. The van der Waals surface area contributed by atoms with Crippen molar-refractivity contribution in [2.45, 2.75) is 25.7 Å². The van der Waals surface area contributed by atoms with Crippen LogP contribution in [0.15, 0.2) is 47.9 Å². The maximum absolute atomic E-state index is 12.7. The number of amides is 1. The summed E-state index contributed by atoms with van der Waals surface area (Å²) in [6, 6.07) is 11.7. The van der Waals surface area contributed by atoms with Crippen molar-refractivity contribution in [3.05, 3.63) is 70.1 Å². The zero-order valence-corrected chi connectivity index (χ0v) is 20.3. The Balaban J connectivity index is 1.58. The summed E-state index contributed by atoms with van der Waals surface area (Å²) in [5.41, 5.74) is 5.58. The second kappa shape index (κ2) is 10.6. The highest BCUT2D eigenvalue weighted by Crippen LogP contribution is 2.38. The largest absolute Gasteiger partial charge is 0.493 e. The van der Waals surface area contributed by atoms with E-state index in [-0.39, 0.29) is 5.91 Å². The summed E-state index contributed by atoms with van der Waals surface area (Å²) >= 11 is 1.31. The van der Waals surface area contributed by atoms with Crippen LogP contribution in [0.5, 0.6) is 11.5 Å². The van der Waals surface area contributed by atoms with Crippen LogP contribution in [0, 0.1) is 0 Å². The van der Waals surface area contributed by atoms with Crippen LogP contribution in [0.3, 0.4) is 0 Å². The molecule has 0 spiro atoms. The SMILES string of the molecule is COC(=O)c1c(-c2ccc3c(c2)CCCC3)csc1NC(=O)/C=C/c1ccc(OC)c(OC)c1. The molecule has 0 bridgehead atoms. The highest BCUT2D eigenvalue weighted by atomic mass is 32.1. The lowest BCUT2D eigenvalue weighted by atomic mass is 9.89. The number of anilines is 1. The molecule has 1 aliphatic carbocycles. The monoisotopic (exact) mass is 477 g/mol. The lowest BCUT2D eigenvalue weighted by Crippen LogP contribution is -2.11. The molecular weight excluding hydrogens is 450 g/mol. The molecule has 1 aliphatic rings. The quantitative estimate of drug-likeness (QED) is 0.346. The van der Waals surface area contributed by atoms with Crippen LogP contribution in [0.4, 0.5) is 5.00 Å². The first-order chi connectivity index (χ1) is 16.5. The van der Waals surface area contributed by atoms with E-state index in [1.807, 2.05) is 17.5 Å². The first kappa shape index (κ1) is 23.6. The molecule has 1 N–H and O–H groups in total. The van der Waals surface area contributed by atoms with E-state index in [1.54, 1.807) is 32.4 Å². The molecule has 2 aromatic carbocycles. The Morgan fingerprint density at radius 3 is 2.44 bits per heavy atom.